The summed E-state index contributed by atoms with van der Waals surface area (Å²) in [5, 5.41) is 0. The second-order valence-electron chi connectivity index (χ2n) is 8.50. The molecule has 2 fully saturated rings. The van der Waals surface area contributed by atoms with Crippen molar-refractivity contribution in [1.29, 1.82) is 0 Å². The van der Waals surface area contributed by atoms with Gasteiger partial charge in [-0.15, -0.1) is 0 Å². The van der Waals surface area contributed by atoms with E-state index >= 15 is 0 Å². The molecule has 2 saturated heterocycles. The Kier molecular flexibility index (Phi) is 5.41. The minimum atomic E-state index is 0.0217. The molecule has 154 valence electrons. The number of aromatic nitrogens is 2. The molecule has 0 N–H and O–H groups in total. The Labute approximate surface area is 171 Å². The zero-order chi connectivity index (χ0) is 20.4. The molecule has 0 unspecified atom stereocenters. The van der Waals surface area contributed by atoms with Crippen molar-refractivity contribution in [2.24, 2.45) is 11.3 Å². The van der Waals surface area contributed by atoms with Crippen LogP contribution in [0.1, 0.15) is 18.2 Å². The van der Waals surface area contributed by atoms with E-state index in [1.807, 2.05) is 30.1 Å². The van der Waals surface area contributed by atoms with E-state index in [4.69, 9.17) is 14.5 Å². The normalized spacial score (nSPS) is 18.0. The Hall–Kier alpha value is -2.67. The summed E-state index contributed by atoms with van der Waals surface area (Å²) < 4.78 is 10.6. The lowest BCUT2D eigenvalue weighted by molar-refractivity contribution is -0.146. The lowest BCUT2D eigenvalue weighted by Crippen LogP contribution is -2.57. The molecule has 0 atom stereocenters. The number of carbonyl (C=O) groups excluding carboxylic acids is 1. The van der Waals surface area contributed by atoms with E-state index < -0.39 is 0 Å². The number of methoxy groups -OCH3 is 1. The van der Waals surface area contributed by atoms with Gasteiger partial charge in [0, 0.05) is 44.7 Å². The van der Waals surface area contributed by atoms with Gasteiger partial charge in [-0.05, 0) is 17.7 Å². The largest absolute Gasteiger partial charge is 0.497 e. The molecule has 0 aliphatic carbocycles. The maximum Gasteiger partial charge on any atom is 0.229 e. The SMILES string of the molecule is COc1cccc(Cc2cncc(N3CC(C(=O)N(C)CC4(C)COC4)C3)n2)c1. The molecule has 2 aliphatic rings. The van der Waals surface area contributed by atoms with E-state index in [0.717, 1.165) is 42.6 Å². The van der Waals surface area contributed by atoms with Gasteiger partial charge in [0.2, 0.25) is 5.91 Å². The zero-order valence-corrected chi connectivity index (χ0v) is 17.3. The van der Waals surface area contributed by atoms with Crippen molar-refractivity contribution >= 4 is 11.7 Å². The topological polar surface area (TPSA) is 67.8 Å². The van der Waals surface area contributed by atoms with Gasteiger partial charge in [0.05, 0.1) is 38.1 Å². The highest BCUT2D eigenvalue weighted by atomic mass is 16.5. The van der Waals surface area contributed by atoms with E-state index in [9.17, 15) is 4.79 Å². The Morgan fingerprint density at radius 1 is 1.34 bits per heavy atom. The number of benzene rings is 1. The first-order valence-corrected chi connectivity index (χ1v) is 9.97. The van der Waals surface area contributed by atoms with Crippen molar-refractivity contribution in [2.45, 2.75) is 13.3 Å². The van der Waals surface area contributed by atoms with Crippen LogP contribution in [0.3, 0.4) is 0 Å². The summed E-state index contributed by atoms with van der Waals surface area (Å²) in [6, 6.07) is 7.97. The van der Waals surface area contributed by atoms with Crippen LogP contribution in [0.4, 0.5) is 5.82 Å². The fourth-order valence-corrected chi connectivity index (χ4v) is 3.95. The minimum Gasteiger partial charge on any atom is -0.497 e. The third kappa shape index (κ3) is 4.34. The van der Waals surface area contributed by atoms with Crippen molar-refractivity contribution in [3.63, 3.8) is 0 Å². The highest BCUT2D eigenvalue weighted by molar-refractivity contribution is 5.81. The summed E-state index contributed by atoms with van der Waals surface area (Å²) in [5.41, 5.74) is 2.14. The number of carbonyl (C=O) groups is 1. The predicted molar refractivity (Wildman–Crippen MR) is 110 cm³/mol. The van der Waals surface area contributed by atoms with E-state index in [2.05, 4.69) is 22.9 Å². The molecular formula is C22H28N4O3. The van der Waals surface area contributed by atoms with Crippen LogP contribution in [-0.4, -0.2) is 67.8 Å². The molecule has 4 rings (SSSR count). The molecule has 7 heteroatoms. The fraction of sp³-hybridized carbons (Fsp3) is 0.500. The second-order valence-corrected chi connectivity index (χ2v) is 8.50. The average Bonchev–Trinajstić information content (AvgIpc) is 2.66. The van der Waals surface area contributed by atoms with Crippen LogP contribution in [0.2, 0.25) is 0 Å². The monoisotopic (exact) mass is 396 g/mol. The van der Waals surface area contributed by atoms with Gasteiger partial charge >= 0.3 is 0 Å². The molecule has 3 heterocycles. The van der Waals surface area contributed by atoms with Crippen LogP contribution in [0.5, 0.6) is 5.75 Å². The Balaban J connectivity index is 1.33. The minimum absolute atomic E-state index is 0.0217. The molecule has 0 radical (unpaired) electrons. The summed E-state index contributed by atoms with van der Waals surface area (Å²) in [6.07, 6.45) is 4.25. The first-order valence-electron chi connectivity index (χ1n) is 9.97. The molecule has 0 saturated carbocycles. The van der Waals surface area contributed by atoms with E-state index in [1.165, 1.54) is 0 Å². The number of amides is 1. The van der Waals surface area contributed by atoms with Crippen molar-refractivity contribution < 1.29 is 14.3 Å². The summed E-state index contributed by atoms with van der Waals surface area (Å²) in [5.74, 6) is 1.89. The highest BCUT2D eigenvalue weighted by Gasteiger charge is 2.39. The molecule has 1 amide bonds. The summed E-state index contributed by atoms with van der Waals surface area (Å²) in [6.45, 7) is 5.75. The fourth-order valence-electron chi connectivity index (χ4n) is 3.95. The molecule has 1 aromatic heterocycles. The Morgan fingerprint density at radius 2 is 2.14 bits per heavy atom. The lowest BCUT2D eigenvalue weighted by atomic mass is 9.87. The molecule has 7 nitrogen and oxygen atoms in total. The standard InChI is InChI=1S/C22H28N4O3/c1-22(14-29-15-22)13-25(2)21(27)17-11-26(12-17)20-10-23-9-18(24-20)7-16-5-4-6-19(8-16)28-3/h4-6,8-10,17H,7,11-15H2,1-3H3. The molecule has 1 aromatic carbocycles. The van der Waals surface area contributed by atoms with Gasteiger partial charge in [-0.1, -0.05) is 19.1 Å². The number of anilines is 1. The number of rotatable bonds is 7. The van der Waals surface area contributed by atoms with Crippen LogP contribution in [0.15, 0.2) is 36.7 Å². The number of hydrogen-bond acceptors (Lipinski definition) is 6. The van der Waals surface area contributed by atoms with E-state index in [1.54, 1.807) is 19.5 Å². The first-order chi connectivity index (χ1) is 14.0. The third-order valence-corrected chi connectivity index (χ3v) is 5.64. The number of hydrogen-bond donors (Lipinski definition) is 0. The summed E-state index contributed by atoms with van der Waals surface area (Å²) in [4.78, 5) is 25.8. The van der Waals surface area contributed by atoms with Gasteiger partial charge in [-0.2, -0.15) is 0 Å². The number of nitrogens with zero attached hydrogens (tertiary/aromatic N) is 4. The van der Waals surface area contributed by atoms with Crippen molar-refractivity contribution in [3.8, 4) is 5.75 Å². The van der Waals surface area contributed by atoms with Gasteiger partial charge < -0.3 is 19.3 Å². The molecule has 0 bridgehead atoms. The number of ether oxygens (including phenoxy) is 2. The summed E-state index contributed by atoms with van der Waals surface area (Å²) >= 11 is 0. The molecule has 29 heavy (non-hydrogen) atoms. The van der Waals surface area contributed by atoms with Crippen LogP contribution in [0, 0.1) is 11.3 Å². The Morgan fingerprint density at radius 3 is 2.83 bits per heavy atom. The second kappa shape index (κ2) is 7.99. The molecular weight excluding hydrogens is 368 g/mol. The highest BCUT2D eigenvalue weighted by Crippen LogP contribution is 2.29. The molecule has 2 aliphatic heterocycles. The van der Waals surface area contributed by atoms with Crippen molar-refractivity contribution in [3.05, 3.63) is 47.9 Å². The van der Waals surface area contributed by atoms with Gasteiger partial charge in [0.25, 0.3) is 0 Å². The average molecular weight is 396 g/mol. The van der Waals surface area contributed by atoms with Crippen LogP contribution in [-0.2, 0) is 16.0 Å². The van der Waals surface area contributed by atoms with Crippen LogP contribution < -0.4 is 9.64 Å². The maximum atomic E-state index is 12.7. The van der Waals surface area contributed by atoms with E-state index in [-0.39, 0.29) is 17.2 Å². The van der Waals surface area contributed by atoms with Crippen molar-refractivity contribution in [1.82, 2.24) is 14.9 Å². The van der Waals surface area contributed by atoms with Gasteiger partial charge in [-0.25, -0.2) is 4.98 Å². The van der Waals surface area contributed by atoms with Gasteiger partial charge in [-0.3, -0.25) is 9.78 Å². The van der Waals surface area contributed by atoms with Crippen LogP contribution >= 0.6 is 0 Å². The van der Waals surface area contributed by atoms with E-state index in [0.29, 0.717) is 19.5 Å². The maximum absolute atomic E-state index is 12.7. The van der Waals surface area contributed by atoms with Gasteiger partial charge in [0.1, 0.15) is 11.6 Å². The smallest absolute Gasteiger partial charge is 0.229 e. The third-order valence-electron chi connectivity index (χ3n) is 5.64. The van der Waals surface area contributed by atoms with Gasteiger partial charge in [0.15, 0.2) is 0 Å². The Bertz CT molecular complexity index is 878. The van der Waals surface area contributed by atoms with Crippen molar-refractivity contribution in [2.75, 3.05) is 51.9 Å². The lowest BCUT2D eigenvalue weighted by Gasteiger charge is -2.44. The quantitative estimate of drug-likeness (QED) is 0.713. The molecule has 0 spiro atoms. The zero-order valence-electron chi connectivity index (χ0n) is 17.3. The summed E-state index contributed by atoms with van der Waals surface area (Å²) in [7, 11) is 3.56. The van der Waals surface area contributed by atoms with Crippen LogP contribution in [0.25, 0.3) is 0 Å². The first kappa shape index (κ1) is 19.6. The predicted octanol–water partition coefficient (Wildman–Crippen LogP) is 2.01. The molecule has 2 aromatic rings.